The molecule has 1 aromatic rings. The van der Waals surface area contributed by atoms with Crippen molar-refractivity contribution in [3.8, 4) is 0 Å². The van der Waals surface area contributed by atoms with Crippen LogP contribution in [0.3, 0.4) is 0 Å². The van der Waals surface area contributed by atoms with Crippen molar-refractivity contribution in [2.75, 3.05) is 13.2 Å². The number of fused-ring (bicyclic) bond motifs is 2. The van der Waals surface area contributed by atoms with Gasteiger partial charge in [-0.15, -0.1) is 0 Å². The van der Waals surface area contributed by atoms with Crippen LogP contribution in [-0.2, 0) is 23.9 Å². The van der Waals surface area contributed by atoms with E-state index >= 15 is 0 Å². The third-order valence-electron chi connectivity index (χ3n) is 7.76. The van der Waals surface area contributed by atoms with Crippen LogP contribution in [0.1, 0.15) is 78.7 Å². The third-order valence-corrected chi connectivity index (χ3v) is 8.36. The number of amides is 3. The molecule has 1 aliphatic carbocycles. The van der Waals surface area contributed by atoms with Gasteiger partial charge in [-0.3, -0.25) is 14.4 Å². The summed E-state index contributed by atoms with van der Waals surface area (Å²) in [6, 6.07) is -1.05. The van der Waals surface area contributed by atoms with Crippen LogP contribution in [0.25, 0.3) is 0 Å². The van der Waals surface area contributed by atoms with Crippen molar-refractivity contribution in [2.24, 2.45) is 5.92 Å². The van der Waals surface area contributed by atoms with Gasteiger partial charge in [0.2, 0.25) is 11.8 Å². The first kappa shape index (κ1) is 31.7. The molecule has 0 aromatic carbocycles. The number of nitrogens with zero attached hydrogens (tertiary/aromatic N) is 3. The number of rotatable bonds is 4. The lowest BCUT2D eigenvalue weighted by Crippen LogP contribution is -2.56. The summed E-state index contributed by atoms with van der Waals surface area (Å²) in [5, 5.41) is 9.83. The molecule has 1 aromatic heterocycles. The lowest BCUT2D eigenvalue weighted by molar-refractivity contribution is -0.150. The Hall–Kier alpha value is -3.22. The second-order valence-corrected chi connectivity index (χ2v) is 12.9. The Bertz CT molecular complexity index is 1290. The number of halogens is 1. The normalized spacial score (nSPS) is 29.2. The smallest absolute Gasteiger partial charge is 0.408 e. The number of allylic oxidation sites excluding steroid dienone is 1. The van der Waals surface area contributed by atoms with Crippen molar-refractivity contribution in [2.45, 2.75) is 102 Å². The average molecular weight is 651 g/mol. The molecular formula is C29H40BrN5O7. The fraction of sp³-hybridized carbons (Fsp3) is 0.655. The minimum atomic E-state index is -1.21. The van der Waals surface area contributed by atoms with Crippen LogP contribution < -0.4 is 16.2 Å². The average Bonchev–Trinajstić information content (AvgIpc) is 3.42. The van der Waals surface area contributed by atoms with E-state index in [1.54, 1.807) is 27.7 Å². The van der Waals surface area contributed by atoms with Gasteiger partial charge >= 0.3 is 12.1 Å². The quantitative estimate of drug-likeness (QED) is 0.373. The minimum absolute atomic E-state index is 0.0164. The zero-order valence-electron chi connectivity index (χ0n) is 24.6. The molecule has 2 N–H and O–H groups in total. The molecule has 1 saturated carbocycles. The molecule has 0 spiro atoms. The summed E-state index contributed by atoms with van der Waals surface area (Å²) in [5.74, 6) is -1.72. The number of hydrogen-bond acceptors (Lipinski definition) is 8. The van der Waals surface area contributed by atoms with Crippen LogP contribution in [0.15, 0.2) is 33.7 Å². The number of carbonyl (C=O) groups excluding carboxylic acids is 4. The molecule has 230 valence electrons. The van der Waals surface area contributed by atoms with Crippen molar-refractivity contribution in [3.05, 3.63) is 39.2 Å². The maximum atomic E-state index is 14.1. The van der Waals surface area contributed by atoms with Gasteiger partial charge in [-0.25, -0.2) is 14.3 Å². The maximum Gasteiger partial charge on any atom is 0.408 e. The predicted octanol–water partition coefficient (Wildman–Crippen LogP) is 3.00. The Balaban J connectivity index is 1.69. The van der Waals surface area contributed by atoms with E-state index in [9.17, 15) is 24.0 Å². The molecule has 0 radical (unpaired) electrons. The number of hydrogen-bond donors (Lipinski definition) is 2. The zero-order chi connectivity index (χ0) is 30.7. The SMILES string of the molecule is CCOC(=O)[C@@]12C[C@@H]1/C=C\CCCCC[C@H](NC(=O)OC(C)(C)C)C(=O)N1C[C@H](n3nccc(Br)c3=O)C[C@H]1C(=O)N2. The molecule has 5 atom stereocenters. The van der Waals surface area contributed by atoms with Crippen LogP contribution in [0, 0.1) is 5.92 Å². The van der Waals surface area contributed by atoms with E-state index in [1.165, 1.54) is 21.8 Å². The van der Waals surface area contributed by atoms with Crippen LogP contribution >= 0.6 is 15.9 Å². The highest BCUT2D eigenvalue weighted by atomic mass is 79.9. The largest absolute Gasteiger partial charge is 0.464 e. The number of nitrogens with one attached hydrogen (secondary N) is 2. The van der Waals surface area contributed by atoms with Gasteiger partial charge in [0.25, 0.3) is 5.56 Å². The zero-order valence-corrected chi connectivity index (χ0v) is 26.1. The minimum Gasteiger partial charge on any atom is -0.464 e. The second kappa shape index (κ2) is 13.0. The number of esters is 1. The third kappa shape index (κ3) is 7.22. The highest BCUT2D eigenvalue weighted by Gasteiger charge is 2.62. The Kier molecular flexibility index (Phi) is 9.79. The summed E-state index contributed by atoms with van der Waals surface area (Å²) < 4.78 is 12.3. The second-order valence-electron chi connectivity index (χ2n) is 12.1. The van der Waals surface area contributed by atoms with Gasteiger partial charge in [0.15, 0.2) is 0 Å². The van der Waals surface area contributed by atoms with Crippen molar-refractivity contribution < 1.29 is 28.7 Å². The van der Waals surface area contributed by atoms with Crippen LogP contribution in [0.4, 0.5) is 4.79 Å². The summed E-state index contributed by atoms with van der Waals surface area (Å²) in [5.41, 5.74) is -2.37. The summed E-state index contributed by atoms with van der Waals surface area (Å²) in [6.07, 6.45) is 8.67. The van der Waals surface area contributed by atoms with Gasteiger partial charge < -0.3 is 25.0 Å². The Labute approximate surface area is 253 Å². The highest BCUT2D eigenvalue weighted by molar-refractivity contribution is 9.10. The van der Waals surface area contributed by atoms with E-state index in [0.29, 0.717) is 23.7 Å². The van der Waals surface area contributed by atoms with E-state index in [2.05, 4.69) is 31.7 Å². The number of alkyl carbamates (subject to hydrolysis) is 1. The molecule has 3 amide bonds. The highest BCUT2D eigenvalue weighted by Crippen LogP contribution is 2.46. The van der Waals surface area contributed by atoms with Crippen molar-refractivity contribution >= 4 is 39.8 Å². The lowest BCUT2D eigenvalue weighted by atomic mass is 10.0. The standard InChI is InChI=1S/C29H40BrN5O7/c1-5-41-26(39)29-16-18(29)11-9-7-6-8-10-12-21(32-27(40)42-28(2,3)4)25(38)34-17-19(15-22(34)23(36)33-29)35-24(37)20(30)13-14-31-35/h9,11,13-14,18-19,21-22H,5-8,10,12,15-17H2,1-4H3,(H,32,40)(H,33,36)/b11-9-/t18-,19+,21-,22-,29+/m0/s1. The number of carbonyl (C=O) groups is 4. The molecule has 2 aliphatic heterocycles. The maximum absolute atomic E-state index is 14.1. The van der Waals surface area contributed by atoms with E-state index < -0.39 is 58.7 Å². The van der Waals surface area contributed by atoms with Crippen LogP contribution in [0.2, 0.25) is 0 Å². The monoisotopic (exact) mass is 649 g/mol. The summed E-state index contributed by atoms with van der Waals surface area (Å²) in [4.78, 5) is 68.1. The van der Waals surface area contributed by atoms with Gasteiger partial charge in [-0.2, -0.15) is 5.10 Å². The van der Waals surface area contributed by atoms with E-state index in [-0.39, 0.29) is 25.5 Å². The first-order chi connectivity index (χ1) is 19.9. The fourth-order valence-corrected chi connectivity index (χ4v) is 5.91. The molecule has 4 rings (SSSR count). The van der Waals surface area contributed by atoms with Gasteiger partial charge in [0.1, 0.15) is 23.2 Å². The molecule has 3 heterocycles. The topological polar surface area (TPSA) is 149 Å². The Morgan fingerprint density at radius 2 is 1.98 bits per heavy atom. The van der Waals surface area contributed by atoms with Crippen LogP contribution in [0.5, 0.6) is 0 Å². The molecule has 42 heavy (non-hydrogen) atoms. The first-order valence-electron chi connectivity index (χ1n) is 14.6. The van der Waals surface area contributed by atoms with Gasteiger partial charge in [0, 0.05) is 25.1 Å². The van der Waals surface area contributed by atoms with Gasteiger partial charge in [-0.1, -0.05) is 25.0 Å². The van der Waals surface area contributed by atoms with E-state index in [1.807, 2.05) is 12.2 Å². The van der Waals surface area contributed by atoms with Crippen molar-refractivity contribution in [1.29, 1.82) is 0 Å². The molecule has 2 fully saturated rings. The van der Waals surface area contributed by atoms with Crippen molar-refractivity contribution in [3.63, 3.8) is 0 Å². The molecule has 13 heteroatoms. The molecule has 0 bridgehead atoms. The molecule has 3 aliphatic rings. The Morgan fingerprint density at radius 1 is 1.21 bits per heavy atom. The molecular weight excluding hydrogens is 610 g/mol. The number of aromatic nitrogens is 2. The van der Waals surface area contributed by atoms with E-state index in [4.69, 9.17) is 9.47 Å². The first-order valence-corrected chi connectivity index (χ1v) is 15.3. The molecule has 0 unspecified atom stereocenters. The van der Waals surface area contributed by atoms with Crippen molar-refractivity contribution in [1.82, 2.24) is 25.3 Å². The lowest BCUT2D eigenvalue weighted by Gasteiger charge is -2.30. The molecule has 12 nitrogen and oxygen atoms in total. The van der Waals surface area contributed by atoms with E-state index in [0.717, 1.165) is 19.3 Å². The Morgan fingerprint density at radius 3 is 2.69 bits per heavy atom. The summed E-state index contributed by atoms with van der Waals surface area (Å²) >= 11 is 3.24. The fourth-order valence-electron chi connectivity index (χ4n) is 5.62. The van der Waals surface area contributed by atoms with Gasteiger partial charge in [0.05, 0.1) is 17.1 Å². The summed E-state index contributed by atoms with van der Waals surface area (Å²) in [7, 11) is 0. The van der Waals surface area contributed by atoms with Crippen LogP contribution in [-0.4, -0.2) is 74.9 Å². The molecule has 1 saturated heterocycles. The summed E-state index contributed by atoms with van der Waals surface area (Å²) in [6.45, 7) is 7.09. The van der Waals surface area contributed by atoms with Gasteiger partial charge in [-0.05, 0) is 75.4 Å². The number of ether oxygens (including phenoxy) is 2. The predicted molar refractivity (Wildman–Crippen MR) is 156 cm³/mol.